The van der Waals surface area contributed by atoms with Gasteiger partial charge in [0.05, 0.1) is 23.2 Å². The van der Waals surface area contributed by atoms with Crippen LogP contribution in [0.25, 0.3) is 0 Å². The van der Waals surface area contributed by atoms with Crippen molar-refractivity contribution in [3.05, 3.63) is 42.5 Å². The number of rotatable bonds is 4. The first-order valence-electron chi connectivity index (χ1n) is 9.87. The van der Waals surface area contributed by atoms with Crippen LogP contribution in [0.3, 0.4) is 0 Å². The standard InChI is InChI=1S/C22H28N2O3/c1-5-17(25)14(2)19(26)24-18-13-15-11-12-22(18,21(15,3)4)20(27)23(24)16-9-7-6-8-10-16/h6-10,15,17-18,25H,2,5,11-13H2,1,3-4H3/t15-,17-,18-,22-/m1/s1. The van der Waals surface area contributed by atoms with Gasteiger partial charge < -0.3 is 5.11 Å². The van der Waals surface area contributed by atoms with Gasteiger partial charge in [0.15, 0.2) is 0 Å². The molecule has 4 rings (SSSR count). The van der Waals surface area contributed by atoms with Gasteiger partial charge in [-0.1, -0.05) is 45.5 Å². The van der Waals surface area contributed by atoms with Gasteiger partial charge in [-0.2, -0.15) is 0 Å². The number of hydrogen-bond acceptors (Lipinski definition) is 3. The Morgan fingerprint density at radius 3 is 2.59 bits per heavy atom. The highest BCUT2D eigenvalue weighted by Crippen LogP contribution is 2.70. The molecule has 2 aliphatic carbocycles. The third kappa shape index (κ3) is 2.15. The molecule has 0 aromatic heterocycles. The van der Waals surface area contributed by atoms with E-state index in [-0.39, 0.29) is 28.8 Å². The maximum Gasteiger partial charge on any atom is 0.271 e. The van der Waals surface area contributed by atoms with Crippen molar-refractivity contribution in [1.82, 2.24) is 5.01 Å². The molecule has 1 N–H and O–H groups in total. The number of carbonyl (C=O) groups is 2. The summed E-state index contributed by atoms with van der Waals surface area (Å²) in [4.78, 5) is 27.2. The number of aliphatic hydroxyl groups excluding tert-OH is 1. The van der Waals surface area contributed by atoms with Crippen LogP contribution in [0.1, 0.15) is 46.5 Å². The Hall–Kier alpha value is -2.14. The fourth-order valence-electron chi connectivity index (χ4n) is 5.77. The fourth-order valence-corrected chi connectivity index (χ4v) is 5.77. The summed E-state index contributed by atoms with van der Waals surface area (Å²) in [6.07, 6.45) is 2.18. The number of benzene rings is 1. The van der Waals surface area contributed by atoms with E-state index in [4.69, 9.17) is 0 Å². The number of carbonyl (C=O) groups excluding carboxylic acids is 2. The second-order valence-electron chi connectivity index (χ2n) is 8.73. The van der Waals surface area contributed by atoms with Gasteiger partial charge in [0.25, 0.3) is 11.8 Å². The van der Waals surface area contributed by atoms with Crippen LogP contribution in [0.2, 0.25) is 0 Å². The molecule has 27 heavy (non-hydrogen) atoms. The molecule has 4 atom stereocenters. The Balaban J connectivity index is 1.83. The molecule has 1 aliphatic heterocycles. The van der Waals surface area contributed by atoms with Gasteiger partial charge >= 0.3 is 0 Å². The number of hydrazine groups is 1. The number of hydrogen-bond donors (Lipinski definition) is 1. The zero-order valence-corrected chi connectivity index (χ0v) is 16.3. The largest absolute Gasteiger partial charge is 0.388 e. The highest BCUT2D eigenvalue weighted by atomic mass is 16.3. The summed E-state index contributed by atoms with van der Waals surface area (Å²) in [5.41, 5.74) is 0.142. The maximum atomic E-state index is 13.8. The molecular formula is C22H28N2O3. The Morgan fingerprint density at radius 2 is 2.00 bits per heavy atom. The molecule has 1 saturated heterocycles. The Labute approximate surface area is 160 Å². The average molecular weight is 368 g/mol. The van der Waals surface area contributed by atoms with Gasteiger partial charge in [0.2, 0.25) is 0 Å². The number of fused-ring (bicyclic) bond motifs is 1. The normalized spacial score (nSPS) is 31.9. The van der Waals surface area contributed by atoms with Crippen molar-refractivity contribution in [2.75, 3.05) is 5.01 Å². The van der Waals surface area contributed by atoms with E-state index < -0.39 is 11.5 Å². The third-order valence-electron chi connectivity index (χ3n) is 7.49. The quantitative estimate of drug-likeness (QED) is 0.830. The van der Waals surface area contributed by atoms with Gasteiger partial charge in [-0.05, 0) is 49.1 Å². The van der Waals surface area contributed by atoms with Crippen LogP contribution in [0, 0.1) is 16.7 Å². The monoisotopic (exact) mass is 368 g/mol. The lowest BCUT2D eigenvalue weighted by Gasteiger charge is -2.35. The van der Waals surface area contributed by atoms with Crippen LogP contribution in [0.15, 0.2) is 42.5 Å². The summed E-state index contributed by atoms with van der Waals surface area (Å²) in [5, 5.41) is 13.4. The van der Waals surface area contributed by atoms with Crippen molar-refractivity contribution in [2.45, 2.75) is 58.6 Å². The van der Waals surface area contributed by atoms with E-state index in [0.29, 0.717) is 18.0 Å². The van der Waals surface area contributed by atoms with Crippen LogP contribution < -0.4 is 5.01 Å². The van der Waals surface area contributed by atoms with Gasteiger partial charge in [0.1, 0.15) is 0 Å². The molecule has 2 saturated carbocycles. The molecule has 2 bridgehead atoms. The zero-order chi connectivity index (χ0) is 19.6. The van der Waals surface area contributed by atoms with E-state index in [1.807, 2.05) is 37.3 Å². The minimum Gasteiger partial charge on any atom is -0.388 e. The SMILES string of the molecule is C=C(C(=O)N1[C@@H]2C[C@H]3CC[C@@]2(C(=O)N1c1ccccc1)C3(C)C)[C@H](O)CC. The van der Waals surface area contributed by atoms with E-state index in [9.17, 15) is 14.7 Å². The first-order valence-corrected chi connectivity index (χ1v) is 9.87. The molecular weight excluding hydrogens is 340 g/mol. The molecule has 3 aliphatic rings. The molecule has 1 spiro atoms. The number of amides is 2. The van der Waals surface area contributed by atoms with Crippen molar-refractivity contribution in [1.29, 1.82) is 0 Å². The van der Waals surface area contributed by atoms with Crippen molar-refractivity contribution in [3.8, 4) is 0 Å². The predicted molar refractivity (Wildman–Crippen MR) is 104 cm³/mol. The number of aliphatic hydroxyl groups is 1. The fraction of sp³-hybridized carbons (Fsp3) is 0.545. The Bertz CT molecular complexity index is 803. The smallest absolute Gasteiger partial charge is 0.271 e. The molecule has 0 unspecified atom stereocenters. The van der Waals surface area contributed by atoms with Crippen LogP contribution in [-0.2, 0) is 9.59 Å². The van der Waals surface area contributed by atoms with Crippen LogP contribution in [0.4, 0.5) is 5.69 Å². The molecule has 144 valence electrons. The summed E-state index contributed by atoms with van der Waals surface area (Å²) in [7, 11) is 0. The first-order chi connectivity index (χ1) is 12.8. The highest BCUT2D eigenvalue weighted by Gasteiger charge is 2.75. The molecule has 5 nitrogen and oxygen atoms in total. The zero-order valence-electron chi connectivity index (χ0n) is 16.3. The van der Waals surface area contributed by atoms with Crippen LogP contribution >= 0.6 is 0 Å². The Morgan fingerprint density at radius 1 is 1.33 bits per heavy atom. The van der Waals surface area contributed by atoms with E-state index in [0.717, 1.165) is 19.3 Å². The summed E-state index contributed by atoms with van der Waals surface area (Å²) in [6.45, 7) is 10.0. The maximum absolute atomic E-state index is 13.8. The summed E-state index contributed by atoms with van der Waals surface area (Å²) < 4.78 is 0. The molecule has 1 aromatic rings. The van der Waals surface area contributed by atoms with Crippen LogP contribution in [0.5, 0.6) is 0 Å². The van der Waals surface area contributed by atoms with Gasteiger partial charge in [-0.25, -0.2) is 10.0 Å². The summed E-state index contributed by atoms with van der Waals surface area (Å²) >= 11 is 0. The second-order valence-corrected chi connectivity index (χ2v) is 8.73. The lowest BCUT2D eigenvalue weighted by molar-refractivity contribution is -0.132. The van der Waals surface area contributed by atoms with Crippen molar-refractivity contribution >= 4 is 17.5 Å². The van der Waals surface area contributed by atoms with E-state index >= 15 is 0 Å². The average Bonchev–Trinajstić information content (AvgIpc) is 3.19. The van der Waals surface area contributed by atoms with Crippen LogP contribution in [-0.4, -0.2) is 34.1 Å². The van der Waals surface area contributed by atoms with Gasteiger partial charge in [0, 0.05) is 5.57 Å². The minimum absolute atomic E-state index is 0.0100. The first kappa shape index (κ1) is 18.2. The second kappa shape index (κ2) is 5.93. The molecule has 2 amide bonds. The number of para-hydroxylation sites is 1. The molecule has 1 heterocycles. The number of nitrogens with zero attached hydrogens (tertiary/aromatic N) is 2. The van der Waals surface area contributed by atoms with Crippen molar-refractivity contribution in [2.24, 2.45) is 16.7 Å². The molecule has 5 heteroatoms. The molecule has 3 fully saturated rings. The topological polar surface area (TPSA) is 60.9 Å². The van der Waals surface area contributed by atoms with E-state index in [1.54, 1.807) is 10.0 Å². The molecule has 1 aromatic carbocycles. The predicted octanol–water partition coefficient (Wildman–Crippen LogP) is 3.30. The van der Waals surface area contributed by atoms with E-state index in [2.05, 4.69) is 20.4 Å². The summed E-state index contributed by atoms with van der Waals surface area (Å²) in [5.74, 6) is 0.103. The lowest BCUT2D eigenvalue weighted by atomic mass is 9.67. The van der Waals surface area contributed by atoms with Gasteiger partial charge in [-0.15, -0.1) is 0 Å². The van der Waals surface area contributed by atoms with Gasteiger partial charge in [-0.3, -0.25) is 9.59 Å². The summed E-state index contributed by atoms with van der Waals surface area (Å²) in [6, 6.07) is 9.17. The Kier molecular flexibility index (Phi) is 4.00. The third-order valence-corrected chi connectivity index (χ3v) is 7.49. The van der Waals surface area contributed by atoms with E-state index in [1.165, 1.54) is 0 Å². The van der Waals surface area contributed by atoms with Crippen molar-refractivity contribution in [3.63, 3.8) is 0 Å². The minimum atomic E-state index is -0.895. The highest BCUT2D eigenvalue weighted by molar-refractivity contribution is 6.08. The molecule has 0 radical (unpaired) electrons. The van der Waals surface area contributed by atoms with Crippen molar-refractivity contribution < 1.29 is 14.7 Å². The lowest BCUT2D eigenvalue weighted by Crippen LogP contribution is -2.49. The number of anilines is 1.